The zero-order valence-corrected chi connectivity index (χ0v) is 10.8. The summed E-state index contributed by atoms with van der Waals surface area (Å²) >= 11 is 1.46. The highest BCUT2D eigenvalue weighted by molar-refractivity contribution is 7.13. The van der Waals surface area contributed by atoms with Crippen LogP contribution in [0, 0.1) is 5.82 Å². The Balaban J connectivity index is 2.06. The molecule has 0 unspecified atom stereocenters. The second-order valence-electron chi connectivity index (χ2n) is 4.10. The summed E-state index contributed by atoms with van der Waals surface area (Å²) in [4.78, 5) is 4.47. The second-order valence-corrected chi connectivity index (χ2v) is 4.96. The van der Waals surface area contributed by atoms with Crippen molar-refractivity contribution >= 4 is 17.0 Å². The molecule has 0 aliphatic heterocycles. The third-order valence-electron chi connectivity index (χ3n) is 2.85. The largest absolute Gasteiger partial charge is 0.398 e. The van der Waals surface area contributed by atoms with Crippen LogP contribution in [0.3, 0.4) is 0 Å². The van der Waals surface area contributed by atoms with Crippen LogP contribution in [-0.4, -0.2) is 4.98 Å². The van der Waals surface area contributed by atoms with Crippen molar-refractivity contribution in [2.45, 2.75) is 0 Å². The number of nitrogens with two attached hydrogens (primary N) is 1. The van der Waals surface area contributed by atoms with Gasteiger partial charge in [-0.3, -0.25) is 0 Å². The van der Waals surface area contributed by atoms with Crippen LogP contribution in [0.1, 0.15) is 0 Å². The van der Waals surface area contributed by atoms with Crippen LogP contribution in [0.15, 0.2) is 53.9 Å². The maximum Gasteiger partial charge on any atom is 0.132 e. The molecule has 4 heteroatoms. The number of thiazole rings is 1. The van der Waals surface area contributed by atoms with E-state index in [0.717, 1.165) is 10.6 Å². The SMILES string of the molecule is Nc1ccccc1-c1nc(-c2ccccc2F)cs1. The predicted octanol–water partition coefficient (Wildman–Crippen LogP) is 4.20. The molecule has 2 nitrogen and oxygen atoms in total. The summed E-state index contributed by atoms with van der Waals surface area (Å²) in [5.74, 6) is -0.264. The molecule has 0 aliphatic rings. The Morgan fingerprint density at radius 1 is 0.947 bits per heavy atom. The Morgan fingerprint density at radius 2 is 1.63 bits per heavy atom. The van der Waals surface area contributed by atoms with Crippen LogP contribution in [-0.2, 0) is 0 Å². The third kappa shape index (κ3) is 2.22. The topological polar surface area (TPSA) is 38.9 Å². The van der Waals surface area contributed by atoms with Crippen LogP contribution < -0.4 is 5.73 Å². The first-order valence-corrected chi connectivity index (χ1v) is 6.69. The summed E-state index contributed by atoms with van der Waals surface area (Å²) in [6, 6.07) is 14.2. The molecule has 3 aromatic rings. The Kier molecular flexibility index (Phi) is 3.01. The summed E-state index contributed by atoms with van der Waals surface area (Å²) in [6.45, 7) is 0. The summed E-state index contributed by atoms with van der Waals surface area (Å²) in [6.07, 6.45) is 0. The average Bonchev–Trinajstić information content (AvgIpc) is 2.89. The lowest BCUT2D eigenvalue weighted by Crippen LogP contribution is -1.89. The number of anilines is 1. The molecule has 2 N–H and O–H groups in total. The first-order valence-electron chi connectivity index (χ1n) is 5.81. The molecule has 0 radical (unpaired) electrons. The predicted molar refractivity (Wildman–Crippen MR) is 77.4 cm³/mol. The molecule has 0 amide bonds. The third-order valence-corrected chi connectivity index (χ3v) is 3.72. The number of halogens is 1. The van der Waals surface area contributed by atoms with E-state index in [1.165, 1.54) is 17.4 Å². The lowest BCUT2D eigenvalue weighted by Gasteiger charge is -2.01. The molecule has 0 saturated heterocycles. The highest BCUT2D eigenvalue weighted by Gasteiger charge is 2.11. The van der Waals surface area contributed by atoms with E-state index in [1.807, 2.05) is 29.6 Å². The lowest BCUT2D eigenvalue weighted by molar-refractivity contribution is 0.631. The summed E-state index contributed by atoms with van der Waals surface area (Å²) in [5, 5.41) is 2.65. The fourth-order valence-electron chi connectivity index (χ4n) is 1.88. The molecule has 0 saturated carbocycles. The fourth-order valence-corrected chi connectivity index (χ4v) is 2.75. The molecule has 0 spiro atoms. The van der Waals surface area contributed by atoms with Gasteiger partial charge in [0.1, 0.15) is 10.8 Å². The second kappa shape index (κ2) is 4.82. The van der Waals surface area contributed by atoms with Crippen LogP contribution in [0.4, 0.5) is 10.1 Å². The van der Waals surface area contributed by atoms with Gasteiger partial charge in [0.15, 0.2) is 0 Å². The minimum Gasteiger partial charge on any atom is -0.398 e. The van der Waals surface area contributed by atoms with Gasteiger partial charge in [-0.25, -0.2) is 9.37 Å². The molecule has 2 aromatic carbocycles. The maximum absolute atomic E-state index is 13.7. The number of benzene rings is 2. The molecule has 19 heavy (non-hydrogen) atoms. The Bertz CT molecular complexity index is 661. The van der Waals surface area contributed by atoms with Crippen molar-refractivity contribution in [1.29, 1.82) is 0 Å². The smallest absolute Gasteiger partial charge is 0.132 e. The molecule has 0 bridgehead atoms. The van der Waals surface area contributed by atoms with Gasteiger partial charge in [0.2, 0.25) is 0 Å². The van der Waals surface area contributed by atoms with Crippen molar-refractivity contribution in [3.8, 4) is 21.8 Å². The number of hydrogen-bond acceptors (Lipinski definition) is 3. The Hall–Kier alpha value is -2.20. The lowest BCUT2D eigenvalue weighted by atomic mass is 10.1. The van der Waals surface area contributed by atoms with Crippen LogP contribution in [0.2, 0.25) is 0 Å². The van der Waals surface area contributed by atoms with Crippen LogP contribution >= 0.6 is 11.3 Å². The van der Waals surface area contributed by atoms with E-state index in [0.29, 0.717) is 16.9 Å². The molecule has 1 heterocycles. The van der Waals surface area contributed by atoms with Gasteiger partial charge >= 0.3 is 0 Å². The quantitative estimate of drug-likeness (QED) is 0.709. The Morgan fingerprint density at radius 3 is 2.37 bits per heavy atom. The van der Waals surface area contributed by atoms with Gasteiger partial charge in [-0.05, 0) is 24.3 Å². The van der Waals surface area contributed by atoms with Crippen molar-refractivity contribution in [3.63, 3.8) is 0 Å². The highest BCUT2D eigenvalue weighted by Crippen LogP contribution is 2.32. The molecule has 0 fully saturated rings. The molecule has 0 aliphatic carbocycles. The van der Waals surface area contributed by atoms with Gasteiger partial charge < -0.3 is 5.73 Å². The number of aromatic nitrogens is 1. The van der Waals surface area contributed by atoms with E-state index >= 15 is 0 Å². The number of nitrogens with zero attached hydrogens (tertiary/aromatic N) is 1. The molecule has 1 aromatic heterocycles. The van der Waals surface area contributed by atoms with Gasteiger partial charge in [0, 0.05) is 22.2 Å². The summed E-state index contributed by atoms with van der Waals surface area (Å²) in [7, 11) is 0. The number of para-hydroxylation sites is 1. The fraction of sp³-hybridized carbons (Fsp3) is 0. The molecule has 94 valence electrons. The zero-order valence-electron chi connectivity index (χ0n) is 10.0. The van der Waals surface area contributed by atoms with E-state index in [4.69, 9.17) is 5.73 Å². The van der Waals surface area contributed by atoms with Gasteiger partial charge in [-0.2, -0.15) is 0 Å². The monoisotopic (exact) mass is 270 g/mol. The zero-order chi connectivity index (χ0) is 13.2. The molecule has 3 rings (SSSR count). The van der Waals surface area contributed by atoms with Crippen molar-refractivity contribution in [1.82, 2.24) is 4.98 Å². The number of rotatable bonds is 2. The van der Waals surface area contributed by atoms with E-state index in [2.05, 4.69) is 4.98 Å². The van der Waals surface area contributed by atoms with Gasteiger partial charge in [-0.15, -0.1) is 11.3 Å². The maximum atomic E-state index is 13.7. The van der Waals surface area contributed by atoms with Gasteiger partial charge in [0.05, 0.1) is 5.69 Å². The summed E-state index contributed by atoms with van der Waals surface area (Å²) < 4.78 is 13.7. The van der Waals surface area contributed by atoms with E-state index in [-0.39, 0.29) is 5.82 Å². The first kappa shape index (κ1) is 11.9. The molecule has 0 atom stereocenters. The average molecular weight is 270 g/mol. The van der Waals surface area contributed by atoms with Gasteiger partial charge in [-0.1, -0.05) is 24.3 Å². The van der Waals surface area contributed by atoms with E-state index in [9.17, 15) is 4.39 Å². The first-order chi connectivity index (χ1) is 9.25. The minimum atomic E-state index is -0.264. The molecular formula is C15H11FN2S. The number of hydrogen-bond donors (Lipinski definition) is 1. The van der Waals surface area contributed by atoms with Crippen molar-refractivity contribution in [2.24, 2.45) is 0 Å². The van der Waals surface area contributed by atoms with Gasteiger partial charge in [0.25, 0.3) is 0 Å². The van der Waals surface area contributed by atoms with E-state index in [1.54, 1.807) is 18.2 Å². The normalized spacial score (nSPS) is 10.6. The number of nitrogen functional groups attached to an aromatic ring is 1. The minimum absolute atomic E-state index is 0.264. The van der Waals surface area contributed by atoms with E-state index < -0.39 is 0 Å². The van der Waals surface area contributed by atoms with Crippen molar-refractivity contribution in [2.75, 3.05) is 5.73 Å². The standard InChI is InChI=1S/C15H11FN2S/c16-12-7-3-1-5-10(12)14-9-19-15(18-14)11-6-2-4-8-13(11)17/h1-9H,17H2. The molecular weight excluding hydrogens is 259 g/mol. The van der Waals surface area contributed by atoms with Crippen molar-refractivity contribution in [3.05, 3.63) is 59.7 Å². The van der Waals surface area contributed by atoms with Crippen LogP contribution in [0.5, 0.6) is 0 Å². The van der Waals surface area contributed by atoms with Crippen LogP contribution in [0.25, 0.3) is 21.8 Å². The Labute approximate surface area is 114 Å². The summed E-state index contributed by atoms with van der Waals surface area (Å²) in [5.41, 5.74) is 8.64. The van der Waals surface area contributed by atoms with Crippen molar-refractivity contribution < 1.29 is 4.39 Å². The highest BCUT2D eigenvalue weighted by atomic mass is 32.1.